The summed E-state index contributed by atoms with van der Waals surface area (Å²) in [7, 11) is -3.23. The SMILES string of the molecule is CCC(C)S(=O)(=O)Nc1ccc(C)cc1. The molecule has 0 aromatic heterocycles. The first-order chi connectivity index (χ1) is 6.95. The predicted molar refractivity (Wildman–Crippen MR) is 63.5 cm³/mol. The molecule has 84 valence electrons. The van der Waals surface area contributed by atoms with Crippen LogP contribution in [0, 0.1) is 6.92 Å². The van der Waals surface area contributed by atoms with Gasteiger partial charge in [-0.3, -0.25) is 4.72 Å². The molecule has 0 bridgehead atoms. The second kappa shape index (κ2) is 4.66. The monoisotopic (exact) mass is 227 g/mol. The lowest BCUT2D eigenvalue weighted by molar-refractivity contribution is 0.586. The molecule has 0 aliphatic rings. The zero-order chi connectivity index (χ0) is 11.5. The molecule has 0 aliphatic carbocycles. The summed E-state index contributed by atoms with van der Waals surface area (Å²) >= 11 is 0. The summed E-state index contributed by atoms with van der Waals surface area (Å²) in [5.74, 6) is 0. The summed E-state index contributed by atoms with van der Waals surface area (Å²) in [4.78, 5) is 0. The molecule has 0 heterocycles. The highest BCUT2D eigenvalue weighted by Gasteiger charge is 2.18. The molecule has 1 rings (SSSR count). The third-order valence-corrected chi connectivity index (χ3v) is 4.33. The first kappa shape index (κ1) is 12.0. The highest BCUT2D eigenvalue weighted by molar-refractivity contribution is 7.93. The number of hydrogen-bond donors (Lipinski definition) is 1. The maximum absolute atomic E-state index is 11.7. The fraction of sp³-hybridized carbons (Fsp3) is 0.455. The highest BCUT2D eigenvalue weighted by Crippen LogP contribution is 2.14. The molecule has 3 nitrogen and oxygen atoms in total. The van der Waals surface area contributed by atoms with E-state index in [9.17, 15) is 8.42 Å². The second-order valence-corrected chi connectivity index (χ2v) is 5.83. The van der Waals surface area contributed by atoms with Crippen LogP contribution in [0.3, 0.4) is 0 Å². The Balaban J connectivity index is 2.82. The van der Waals surface area contributed by atoms with E-state index in [1.54, 1.807) is 19.1 Å². The molecule has 1 atom stereocenters. The van der Waals surface area contributed by atoms with Crippen LogP contribution in [0.5, 0.6) is 0 Å². The van der Waals surface area contributed by atoms with Crippen molar-refractivity contribution in [3.8, 4) is 0 Å². The number of benzene rings is 1. The summed E-state index contributed by atoms with van der Waals surface area (Å²) in [5, 5.41) is -0.362. The molecule has 1 unspecified atom stereocenters. The van der Waals surface area contributed by atoms with E-state index in [1.807, 2.05) is 26.0 Å². The van der Waals surface area contributed by atoms with E-state index in [0.29, 0.717) is 12.1 Å². The molecule has 0 fully saturated rings. The van der Waals surface area contributed by atoms with Crippen LogP contribution in [0.25, 0.3) is 0 Å². The molecule has 4 heteroatoms. The third kappa shape index (κ3) is 3.23. The van der Waals surface area contributed by atoms with Crippen molar-refractivity contribution in [3.05, 3.63) is 29.8 Å². The van der Waals surface area contributed by atoms with Crippen LogP contribution in [0.15, 0.2) is 24.3 Å². The predicted octanol–water partition coefficient (Wildman–Crippen LogP) is 2.54. The van der Waals surface area contributed by atoms with E-state index in [4.69, 9.17) is 0 Å². The smallest absolute Gasteiger partial charge is 0.235 e. The summed E-state index contributed by atoms with van der Waals surface area (Å²) in [6.45, 7) is 5.53. The van der Waals surface area contributed by atoms with E-state index < -0.39 is 10.0 Å². The Kier molecular flexibility index (Phi) is 3.74. The fourth-order valence-electron chi connectivity index (χ4n) is 1.11. The number of aryl methyl sites for hydroxylation is 1. The van der Waals surface area contributed by atoms with Crippen molar-refractivity contribution >= 4 is 15.7 Å². The lowest BCUT2D eigenvalue weighted by Crippen LogP contribution is -2.24. The van der Waals surface area contributed by atoms with E-state index in [1.165, 1.54) is 0 Å². The van der Waals surface area contributed by atoms with Crippen molar-refractivity contribution in [3.63, 3.8) is 0 Å². The number of nitrogens with one attached hydrogen (secondary N) is 1. The normalized spacial score (nSPS) is 13.5. The van der Waals surface area contributed by atoms with Crippen molar-refractivity contribution in [2.75, 3.05) is 4.72 Å². The van der Waals surface area contributed by atoms with Crippen LogP contribution >= 0.6 is 0 Å². The second-order valence-electron chi connectivity index (χ2n) is 3.73. The van der Waals surface area contributed by atoms with Gasteiger partial charge in [0.05, 0.1) is 5.25 Å². The summed E-state index contributed by atoms with van der Waals surface area (Å²) in [6, 6.07) is 7.31. The van der Waals surface area contributed by atoms with Crippen molar-refractivity contribution in [2.45, 2.75) is 32.4 Å². The molecular weight excluding hydrogens is 210 g/mol. The zero-order valence-corrected chi connectivity index (χ0v) is 10.1. The van der Waals surface area contributed by atoms with Gasteiger partial charge < -0.3 is 0 Å². The first-order valence-electron chi connectivity index (χ1n) is 5.04. The molecule has 0 saturated carbocycles. The fourth-order valence-corrected chi connectivity index (χ4v) is 2.21. The first-order valence-corrected chi connectivity index (χ1v) is 6.58. The standard InChI is InChI=1S/C11H17NO2S/c1-4-10(3)15(13,14)12-11-7-5-9(2)6-8-11/h5-8,10,12H,4H2,1-3H3. The number of rotatable bonds is 4. The van der Waals surface area contributed by atoms with Gasteiger partial charge in [0.25, 0.3) is 0 Å². The van der Waals surface area contributed by atoms with Crippen molar-refractivity contribution in [1.29, 1.82) is 0 Å². The van der Waals surface area contributed by atoms with Crippen molar-refractivity contribution < 1.29 is 8.42 Å². The Bertz CT molecular complexity index is 409. The quantitative estimate of drug-likeness (QED) is 0.859. The van der Waals surface area contributed by atoms with Crippen molar-refractivity contribution in [1.82, 2.24) is 0 Å². The van der Waals surface area contributed by atoms with Gasteiger partial charge in [-0.25, -0.2) is 8.42 Å². The van der Waals surface area contributed by atoms with E-state index in [2.05, 4.69) is 4.72 Å². The van der Waals surface area contributed by atoms with Gasteiger partial charge in [-0.15, -0.1) is 0 Å². The largest absolute Gasteiger partial charge is 0.283 e. The number of sulfonamides is 1. The highest BCUT2D eigenvalue weighted by atomic mass is 32.2. The van der Waals surface area contributed by atoms with Crippen LogP contribution in [0.2, 0.25) is 0 Å². The summed E-state index contributed by atoms with van der Waals surface area (Å²) < 4.78 is 26.0. The van der Waals surface area contributed by atoms with Gasteiger partial charge in [0, 0.05) is 5.69 Å². The summed E-state index contributed by atoms with van der Waals surface area (Å²) in [5.41, 5.74) is 1.74. The summed E-state index contributed by atoms with van der Waals surface area (Å²) in [6.07, 6.45) is 0.612. The van der Waals surface area contributed by atoms with E-state index >= 15 is 0 Å². The maximum Gasteiger partial charge on any atom is 0.235 e. The minimum Gasteiger partial charge on any atom is -0.283 e. The van der Waals surface area contributed by atoms with Crippen LogP contribution in [0.1, 0.15) is 25.8 Å². The molecule has 1 N–H and O–H groups in total. The number of hydrogen-bond acceptors (Lipinski definition) is 2. The average molecular weight is 227 g/mol. The van der Waals surface area contributed by atoms with Crippen LogP contribution in [-0.2, 0) is 10.0 Å². The molecule has 0 aliphatic heterocycles. The van der Waals surface area contributed by atoms with E-state index in [0.717, 1.165) is 5.56 Å². The van der Waals surface area contributed by atoms with Gasteiger partial charge in [-0.1, -0.05) is 24.6 Å². The van der Waals surface area contributed by atoms with Gasteiger partial charge in [0.15, 0.2) is 0 Å². The van der Waals surface area contributed by atoms with Gasteiger partial charge in [-0.05, 0) is 32.4 Å². The van der Waals surface area contributed by atoms with Gasteiger partial charge >= 0.3 is 0 Å². The minimum absolute atomic E-state index is 0.362. The zero-order valence-electron chi connectivity index (χ0n) is 9.32. The van der Waals surface area contributed by atoms with Gasteiger partial charge in [0.1, 0.15) is 0 Å². The maximum atomic E-state index is 11.7. The molecule has 0 radical (unpaired) electrons. The minimum atomic E-state index is -3.23. The topological polar surface area (TPSA) is 46.2 Å². The Hall–Kier alpha value is -1.03. The molecule has 0 amide bonds. The van der Waals surface area contributed by atoms with Gasteiger partial charge in [-0.2, -0.15) is 0 Å². The van der Waals surface area contributed by atoms with Crippen molar-refractivity contribution in [2.24, 2.45) is 0 Å². The van der Waals surface area contributed by atoms with Gasteiger partial charge in [0.2, 0.25) is 10.0 Å². The molecule has 0 spiro atoms. The third-order valence-electron chi connectivity index (χ3n) is 2.42. The Labute approximate surface area is 91.6 Å². The van der Waals surface area contributed by atoms with Crippen LogP contribution in [0.4, 0.5) is 5.69 Å². The molecule has 1 aromatic carbocycles. The molecule has 0 saturated heterocycles. The Morgan fingerprint density at radius 2 is 1.80 bits per heavy atom. The number of anilines is 1. The molecule has 1 aromatic rings. The Morgan fingerprint density at radius 3 is 2.27 bits per heavy atom. The Morgan fingerprint density at radius 1 is 1.27 bits per heavy atom. The van der Waals surface area contributed by atoms with Crippen LogP contribution < -0.4 is 4.72 Å². The van der Waals surface area contributed by atoms with Crippen LogP contribution in [-0.4, -0.2) is 13.7 Å². The molecule has 15 heavy (non-hydrogen) atoms. The lowest BCUT2D eigenvalue weighted by atomic mass is 10.2. The lowest BCUT2D eigenvalue weighted by Gasteiger charge is -2.12. The molecular formula is C11H17NO2S. The average Bonchev–Trinajstić information content (AvgIpc) is 2.20. The van der Waals surface area contributed by atoms with E-state index in [-0.39, 0.29) is 5.25 Å².